The molecule has 1 N–H and O–H groups in total. The van der Waals surface area contributed by atoms with Gasteiger partial charge in [0.2, 0.25) is 0 Å². The average molecular weight is 429 g/mol. The minimum atomic E-state index is -0.255. The Morgan fingerprint density at radius 1 is 0.727 bits per heavy atom. The fourth-order valence-electron chi connectivity index (χ4n) is 4.17. The van der Waals surface area contributed by atoms with E-state index >= 15 is 0 Å². The van der Waals surface area contributed by atoms with Crippen LogP contribution in [-0.4, -0.2) is 10.9 Å². The molecular formula is C30H24N2O. The van der Waals surface area contributed by atoms with Crippen molar-refractivity contribution in [2.45, 2.75) is 13.0 Å². The second kappa shape index (κ2) is 9.09. The number of para-hydroxylation sites is 1. The first-order valence-electron chi connectivity index (χ1n) is 11.1. The van der Waals surface area contributed by atoms with Gasteiger partial charge in [0.1, 0.15) is 0 Å². The maximum atomic E-state index is 13.7. The summed E-state index contributed by atoms with van der Waals surface area (Å²) in [7, 11) is 0. The second-order valence-corrected chi connectivity index (χ2v) is 8.17. The highest BCUT2D eigenvalue weighted by Gasteiger charge is 2.20. The van der Waals surface area contributed by atoms with Crippen molar-refractivity contribution in [1.29, 1.82) is 0 Å². The Morgan fingerprint density at radius 2 is 1.36 bits per heavy atom. The largest absolute Gasteiger partial charge is 0.341 e. The number of aromatic nitrogens is 1. The molecular weight excluding hydrogens is 404 g/mol. The molecule has 5 rings (SSSR count). The third-order valence-corrected chi connectivity index (χ3v) is 5.82. The summed E-state index contributed by atoms with van der Waals surface area (Å²) in [6.07, 6.45) is 0. The molecule has 5 aromatic rings. The van der Waals surface area contributed by atoms with E-state index in [1.807, 2.05) is 103 Å². The number of rotatable bonds is 5. The zero-order valence-corrected chi connectivity index (χ0v) is 18.4. The van der Waals surface area contributed by atoms with E-state index in [1.165, 1.54) is 0 Å². The number of hydrogen-bond donors (Lipinski definition) is 1. The number of amides is 1. The predicted octanol–water partition coefficient (Wildman–Crippen LogP) is 6.73. The van der Waals surface area contributed by atoms with E-state index in [0.717, 1.165) is 38.9 Å². The third-order valence-electron chi connectivity index (χ3n) is 5.82. The van der Waals surface area contributed by atoms with Gasteiger partial charge in [0, 0.05) is 10.9 Å². The molecule has 33 heavy (non-hydrogen) atoms. The Kier molecular flexibility index (Phi) is 5.69. The number of aryl methyl sites for hydroxylation is 1. The van der Waals surface area contributed by atoms with Crippen LogP contribution in [0, 0.1) is 6.92 Å². The van der Waals surface area contributed by atoms with Gasteiger partial charge in [-0.05, 0) is 36.2 Å². The molecule has 0 spiro atoms. The van der Waals surface area contributed by atoms with Crippen molar-refractivity contribution in [2.24, 2.45) is 0 Å². The average Bonchev–Trinajstić information content (AvgIpc) is 2.87. The first-order valence-corrected chi connectivity index (χ1v) is 11.1. The number of nitrogens with one attached hydrogen (secondary N) is 1. The summed E-state index contributed by atoms with van der Waals surface area (Å²) in [4.78, 5) is 18.6. The fraction of sp³-hybridized carbons (Fsp3) is 0.0667. The van der Waals surface area contributed by atoms with E-state index in [4.69, 9.17) is 4.98 Å². The van der Waals surface area contributed by atoms with Gasteiger partial charge >= 0.3 is 0 Å². The summed E-state index contributed by atoms with van der Waals surface area (Å²) in [6.45, 7) is 2.06. The monoisotopic (exact) mass is 428 g/mol. The van der Waals surface area contributed by atoms with Crippen LogP contribution in [-0.2, 0) is 0 Å². The van der Waals surface area contributed by atoms with Gasteiger partial charge in [0.15, 0.2) is 0 Å². The molecule has 0 saturated heterocycles. The molecule has 1 amide bonds. The molecule has 3 nitrogen and oxygen atoms in total. The highest BCUT2D eigenvalue weighted by molar-refractivity contribution is 6.07. The number of pyridine rings is 1. The standard InChI is InChI=1S/C30H24N2O/c1-21-11-10-16-24(19-21)28-20-26(25-17-8-9-18-27(25)31-28)30(33)32-29(22-12-4-2-5-13-22)23-14-6-3-7-15-23/h2-20,29H,1H3,(H,32,33). The topological polar surface area (TPSA) is 42.0 Å². The van der Waals surface area contributed by atoms with Crippen LogP contribution >= 0.6 is 0 Å². The number of carbonyl (C=O) groups excluding carboxylic acids is 1. The van der Waals surface area contributed by atoms with Crippen molar-refractivity contribution in [3.05, 3.63) is 138 Å². The van der Waals surface area contributed by atoms with Gasteiger partial charge in [0.25, 0.3) is 5.91 Å². The highest BCUT2D eigenvalue weighted by atomic mass is 16.1. The number of nitrogens with zero attached hydrogens (tertiary/aromatic N) is 1. The second-order valence-electron chi connectivity index (χ2n) is 8.17. The van der Waals surface area contributed by atoms with Gasteiger partial charge in [-0.2, -0.15) is 0 Å². The normalized spacial score (nSPS) is 11.0. The molecule has 0 saturated carbocycles. The molecule has 0 atom stereocenters. The molecule has 0 radical (unpaired) electrons. The summed E-state index contributed by atoms with van der Waals surface area (Å²) < 4.78 is 0. The molecule has 1 heterocycles. The van der Waals surface area contributed by atoms with Crippen LogP contribution in [0.25, 0.3) is 22.2 Å². The molecule has 0 fully saturated rings. The lowest BCUT2D eigenvalue weighted by Gasteiger charge is -2.21. The van der Waals surface area contributed by atoms with Crippen molar-refractivity contribution in [3.63, 3.8) is 0 Å². The number of carbonyl (C=O) groups is 1. The van der Waals surface area contributed by atoms with Crippen LogP contribution in [0.2, 0.25) is 0 Å². The van der Waals surface area contributed by atoms with Crippen molar-refractivity contribution in [3.8, 4) is 11.3 Å². The quantitative estimate of drug-likeness (QED) is 0.337. The minimum Gasteiger partial charge on any atom is -0.341 e. The van der Waals surface area contributed by atoms with Gasteiger partial charge in [-0.3, -0.25) is 4.79 Å². The zero-order valence-electron chi connectivity index (χ0n) is 18.4. The Balaban J connectivity index is 1.60. The Labute approximate surface area is 193 Å². The van der Waals surface area contributed by atoms with Crippen molar-refractivity contribution < 1.29 is 4.79 Å². The van der Waals surface area contributed by atoms with Gasteiger partial charge in [-0.25, -0.2) is 4.98 Å². The molecule has 0 aliphatic carbocycles. The summed E-state index contributed by atoms with van der Waals surface area (Å²) in [6, 6.07) is 37.8. The molecule has 0 aliphatic heterocycles. The van der Waals surface area contributed by atoms with E-state index < -0.39 is 0 Å². The molecule has 0 bridgehead atoms. The van der Waals surface area contributed by atoms with Crippen LogP contribution in [0.3, 0.4) is 0 Å². The summed E-state index contributed by atoms with van der Waals surface area (Å²) in [5.41, 5.74) is 6.44. The van der Waals surface area contributed by atoms with Crippen molar-refractivity contribution >= 4 is 16.8 Å². The highest BCUT2D eigenvalue weighted by Crippen LogP contribution is 2.27. The van der Waals surface area contributed by atoms with E-state index in [1.54, 1.807) is 0 Å². The first kappa shape index (κ1) is 20.7. The van der Waals surface area contributed by atoms with Crippen LogP contribution in [0.1, 0.15) is 33.1 Å². The van der Waals surface area contributed by atoms with Crippen LogP contribution in [0.15, 0.2) is 115 Å². The van der Waals surface area contributed by atoms with Gasteiger partial charge in [0.05, 0.1) is 22.8 Å². The summed E-state index contributed by atoms with van der Waals surface area (Å²) >= 11 is 0. The van der Waals surface area contributed by atoms with Crippen LogP contribution in [0.5, 0.6) is 0 Å². The van der Waals surface area contributed by atoms with Gasteiger partial charge < -0.3 is 5.32 Å². The van der Waals surface area contributed by atoms with Crippen molar-refractivity contribution in [1.82, 2.24) is 10.3 Å². The van der Waals surface area contributed by atoms with Gasteiger partial charge in [-0.15, -0.1) is 0 Å². The van der Waals surface area contributed by atoms with Crippen LogP contribution in [0.4, 0.5) is 0 Å². The van der Waals surface area contributed by atoms with E-state index in [9.17, 15) is 4.79 Å². The van der Waals surface area contributed by atoms with Crippen LogP contribution < -0.4 is 5.32 Å². The maximum absolute atomic E-state index is 13.7. The SMILES string of the molecule is Cc1cccc(-c2cc(C(=O)NC(c3ccccc3)c3ccccc3)c3ccccc3n2)c1. The molecule has 0 aliphatic rings. The van der Waals surface area contributed by atoms with Crippen molar-refractivity contribution in [2.75, 3.05) is 0 Å². The lowest BCUT2D eigenvalue weighted by molar-refractivity contribution is 0.0944. The van der Waals surface area contributed by atoms with E-state index in [2.05, 4.69) is 24.4 Å². The number of hydrogen-bond acceptors (Lipinski definition) is 2. The molecule has 160 valence electrons. The lowest BCUT2D eigenvalue weighted by atomic mass is 9.97. The Hall–Kier alpha value is -4.24. The Bertz CT molecular complexity index is 1370. The summed E-state index contributed by atoms with van der Waals surface area (Å²) in [5, 5.41) is 4.12. The minimum absolute atomic E-state index is 0.125. The first-order chi connectivity index (χ1) is 16.2. The number of benzene rings is 4. The lowest BCUT2D eigenvalue weighted by Crippen LogP contribution is -2.29. The molecule has 4 aromatic carbocycles. The maximum Gasteiger partial charge on any atom is 0.252 e. The van der Waals surface area contributed by atoms with Gasteiger partial charge in [-0.1, -0.05) is 103 Å². The number of fused-ring (bicyclic) bond motifs is 1. The smallest absolute Gasteiger partial charge is 0.252 e. The molecule has 3 heteroatoms. The third kappa shape index (κ3) is 4.39. The zero-order chi connectivity index (χ0) is 22.6. The molecule has 1 aromatic heterocycles. The molecule has 0 unspecified atom stereocenters. The van der Waals surface area contributed by atoms with E-state index in [0.29, 0.717) is 5.56 Å². The predicted molar refractivity (Wildman–Crippen MR) is 134 cm³/mol. The Morgan fingerprint density at radius 3 is 2.03 bits per heavy atom. The van der Waals surface area contributed by atoms with E-state index in [-0.39, 0.29) is 11.9 Å². The summed E-state index contributed by atoms with van der Waals surface area (Å²) in [5.74, 6) is -0.125. The fourth-order valence-corrected chi connectivity index (χ4v) is 4.17.